The molecule has 1 N–H and O–H groups in total. The highest BCUT2D eigenvalue weighted by molar-refractivity contribution is 6.00. The van der Waals surface area contributed by atoms with Crippen LogP contribution in [0, 0.1) is 6.92 Å². The number of Topliss-reactive ketones (excluding diaryl/α,β-unsaturated/α-hetero) is 1. The number of nitrogens with one attached hydrogen (secondary N) is 1. The third kappa shape index (κ3) is 3.79. The predicted molar refractivity (Wildman–Crippen MR) is 79.8 cm³/mol. The van der Waals surface area contributed by atoms with Gasteiger partial charge in [-0.15, -0.1) is 0 Å². The van der Waals surface area contributed by atoms with Crippen LogP contribution in [0.3, 0.4) is 0 Å². The van der Waals surface area contributed by atoms with Crippen molar-refractivity contribution in [1.82, 2.24) is 0 Å². The fourth-order valence-corrected chi connectivity index (χ4v) is 1.92. The topological polar surface area (TPSA) is 46.2 Å². The van der Waals surface area contributed by atoms with E-state index in [4.69, 9.17) is 0 Å². The van der Waals surface area contributed by atoms with Gasteiger partial charge < -0.3 is 5.32 Å². The van der Waals surface area contributed by atoms with E-state index in [-0.39, 0.29) is 24.5 Å². The number of carbonyl (C=O) groups excluding carboxylic acids is 2. The molecule has 0 atom stereocenters. The molecule has 0 heterocycles. The van der Waals surface area contributed by atoms with Gasteiger partial charge in [-0.1, -0.05) is 48.5 Å². The third-order valence-electron chi connectivity index (χ3n) is 3.09. The van der Waals surface area contributed by atoms with E-state index in [0.29, 0.717) is 5.56 Å². The molecule has 1 amide bonds. The zero-order valence-electron chi connectivity index (χ0n) is 11.4. The average molecular weight is 267 g/mol. The number of aryl methyl sites for hydroxylation is 1. The summed E-state index contributed by atoms with van der Waals surface area (Å²) in [6, 6.07) is 16.6. The highest BCUT2D eigenvalue weighted by Gasteiger charge is 2.09. The standard InChI is InChI=1S/C17H17NO2/c1-13-7-5-6-10-15(13)18-17(20)12-11-16(19)14-8-3-2-4-9-14/h2-10H,11-12H2,1H3,(H,18,20). The number of carbonyl (C=O) groups is 2. The minimum atomic E-state index is -0.136. The second-order valence-electron chi connectivity index (χ2n) is 4.65. The molecule has 0 fully saturated rings. The Balaban J connectivity index is 1.87. The Kier molecular flexibility index (Phi) is 4.66. The maximum atomic E-state index is 11.9. The Morgan fingerprint density at radius 3 is 2.25 bits per heavy atom. The lowest BCUT2D eigenvalue weighted by Crippen LogP contribution is -2.14. The van der Waals surface area contributed by atoms with Crippen LogP contribution in [0.2, 0.25) is 0 Å². The van der Waals surface area contributed by atoms with E-state index in [9.17, 15) is 9.59 Å². The Labute approximate surface area is 118 Å². The van der Waals surface area contributed by atoms with Crippen LogP contribution < -0.4 is 5.32 Å². The maximum Gasteiger partial charge on any atom is 0.224 e. The van der Waals surface area contributed by atoms with Crippen molar-refractivity contribution in [2.24, 2.45) is 0 Å². The summed E-state index contributed by atoms with van der Waals surface area (Å²) in [5.74, 6) is -0.144. The molecule has 3 nitrogen and oxygen atoms in total. The third-order valence-corrected chi connectivity index (χ3v) is 3.09. The van der Waals surface area contributed by atoms with Crippen LogP contribution in [-0.4, -0.2) is 11.7 Å². The number of amides is 1. The first-order valence-corrected chi connectivity index (χ1v) is 6.60. The van der Waals surface area contributed by atoms with Gasteiger partial charge in [-0.2, -0.15) is 0 Å². The molecule has 0 radical (unpaired) electrons. The first-order chi connectivity index (χ1) is 9.66. The van der Waals surface area contributed by atoms with Crippen molar-refractivity contribution >= 4 is 17.4 Å². The lowest BCUT2D eigenvalue weighted by atomic mass is 10.1. The number of hydrogen-bond donors (Lipinski definition) is 1. The fourth-order valence-electron chi connectivity index (χ4n) is 1.92. The highest BCUT2D eigenvalue weighted by Crippen LogP contribution is 2.14. The Bertz CT molecular complexity index is 605. The van der Waals surface area contributed by atoms with E-state index in [0.717, 1.165) is 11.3 Å². The highest BCUT2D eigenvalue weighted by atomic mass is 16.2. The van der Waals surface area contributed by atoms with Gasteiger partial charge in [0.05, 0.1) is 0 Å². The van der Waals surface area contributed by atoms with Crippen LogP contribution in [0.15, 0.2) is 54.6 Å². The van der Waals surface area contributed by atoms with Gasteiger partial charge in [-0.25, -0.2) is 0 Å². The number of ketones is 1. The van der Waals surface area contributed by atoms with Crippen molar-refractivity contribution in [3.63, 3.8) is 0 Å². The van der Waals surface area contributed by atoms with Crippen LogP contribution in [0.25, 0.3) is 0 Å². The van der Waals surface area contributed by atoms with E-state index in [1.807, 2.05) is 49.4 Å². The number of rotatable bonds is 5. The summed E-state index contributed by atoms with van der Waals surface area (Å²) in [5, 5.41) is 2.83. The molecule has 0 aliphatic rings. The maximum absolute atomic E-state index is 11.9. The fraction of sp³-hybridized carbons (Fsp3) is 0.176. The molecular formula is C17H17NO2. The van der Waals surface area contributed by atoms with E-state index >= 15 is 0 Å². The molecule has 0 bridgehead atoms. The van der Waals surface area contributed by atoms with Crippen molar-refractivity contribution in [3.05, 3.63) is 65.7 Å². The van der Waals surface area contributed by atoms with E-state index in [2.05, 4.69) is 5.32 Å². The molecule has 0 unspecified atom stereocenters. The van der Waals surface area contributed by atoms with Crippen LogP contribution in [0.5, 0.6) is 0 Å². The number of hydrogen-bond acceptors (Lipinski definition) is 2. The first kappa shape index (κ1) is 14.0. The summed E-state index contributed by atoms with van der Waals surface area (Å²) in [7, 11) is 0. The SMILES string of the molecule is Cc1ccccc1NC(=O)CCC(=O)c1ccccc1. The minimum absolute atomic E-state index is 0.00877. The number of para-hydroxylation sites is 1. The van der Waals surface area contributed by atoms with Gasteiger partial charge >= 0.3 is 0 Å². The summed E-state index contributed by atoms with van der Waals surface area (Å²) in [6.45, 7) is 1.94. The molecule has 0 saturated heterocycles. The Hall–Kier alpha value is -2.42. The molecule has 102 valence electrons. The van der Waals surface area contributed by atoms with Gasteiger partial charge in [0.15, 0.2) is 5.78 Å². The molecular weight excluding hydrogens is 250 g/mol. The summed E-state index contributed by atoms with van der Waals surface area (Å²) < 4.78 is 0. The van der Waals surface area contributed by atoms with Crippen molar-refractivity contribution in [1.29, 1.82) is 0 Å². The van der Waals surface area contributed by atoms with E-state index < -0.39 is 0 Å². The van der Waals surface area contributed by atoms with Gasteiger partial charge in [0, 0.05) is 24.1 Å². The second-order valence-corrected chi connectivity index (χ2v) is 4.65. The quantitative estimate of drug-likeness (QED) is 0.841. The Morgan fingerprint density at radius 2 is 1.55 bits per heavy atom. The molecule has 0 spiro atoms. The molecule has 3 heteroatoms. The smallest absolute Gasteiger partial charge is 0.224 e. The van der Waals surface area contributed by atoms with Crippen molar-refractivity contribution in [3.8, 4) is 0 Å². The minimum Gasteiger partial charge on any atom is -0.326 e. The van der Waals surface area contributed by atoms with Crippen LogP contribution in [-0.2, 0) is 4.79 Å². The van der Waals surface area contributed by atoms with E-state index in [1.54, 1.807) is 12.1 Å². The molecule has 0 aromatic heterocycles. The summed E-state index contributed by atoms with van der Waals surface area (Å²) in [6.07, 6.45) is 0.420. The van der Waals surface area contributed by atoms with Crippen molar-refractivity contribution in [2.45, 2.75) is 19.8 Å². The van der Waals surface area contributed by atoms with Crippen LogP contribution >= 0.6 is 0 Å². The lowest BCUT2D eigenvalue weighted by molar-refractivity contribution is -0.116. The number of anilines is 1. The van der Waals surface area contributed by atoms with Gasteiger partial charge in [-0.05, 0) is 18.6 Å². The summed E-state index contributed by atoms with van der Waals surface area (Å²) in [5.41, 5.74) is 2.45. The zero-order valence-corrected chi connectivity index (χ0v) is 11.4. The largest absolute Gasteiger partial charge is 0.326 e. The molecule has 0 saturated carbocycles. The Morgan fingerprint density at radius 1 is 0.900 bits per heavy atom. The van der Waals surface area contributed by atoms with Crippen LogP contribution in [0.4, 0.5) is 5.69 Å². The van der Waals surface area contributed by atoms with Gasteiger partial charge in [0.25, 0.3) is 0 Å². The molecule has 0 aliphatic carbocycles. The molecule has 2 aromatic rings. The second kappa shape index (κ2) is 6.66. The summed E-state index contributed by atoms with van der Waals surface area (Å²) >= 11 is 0. The zero-order chi connectivity index (χ0) is 14.4. The molecule has 2 rings (SSSR count). The summed E-state index contributed by atoms with van der Waals surface area (Å²) in [4.78, 5) is 23.7. The van der Waals surface area contributed by atoms with Crippen molar-refractivity contribution in [2.75, 3.05) is 5.32 Å². The lowest BCUT2D eigenvalue weighted by Gasteiger charge is -2.07. The molecule has 0 aliphatic heterocycles. The predicted octanol–water partition coefficient (Wildman–Crippen LogP) is 3.60. The molecule has 2 aromatic carbocycles. The number of benzene rings is 2. The van der Waals surface area contributed by atoms with Crippen LogP contribution in [0.1, 0.15) is 28.8 Å². The van der Waals surface area contributed by atoms with Gasteiger partial charge in [0.2, 0.25) is 5.91 Å². The normalized spacial score (nSPS) is 10.1. The van der Waals surface area contributed by atoms with Crippen molar-refractivity contribution < 1.29 is 9.59 Å². The average Bonchev–Trinajstić information content (AvgIpc) is 2.48. The molecule has 20 heavy (non-hydrogen) atoms. The first-order valence-electron chi connectivity index (χ1n) is 6.60. The van der Waals surface area contributed by atoms with E-state index in [1.165, 1.54) is 0 Å². The monoisotopic (exact) mass is 267 g/mol. The van der Waals surface area contributed by atoms with Gasteiger partial charge in [-0.3, -0.25) is 9.59 Å². The van der Waals surface area contributed by atoms with Gasteiger partial charge in [0.1, 0.15) is 0 Å².